The minimum Gasteiger partial charge on any atom is -0.491 e. The number of hydrogen-bond acceptors (Lipinski definition) is 3. The molecule has 0 saturated carbocycles. The molecule has 1 heterocycles. The van der Waals surface area contributed by atoms with Crippen molar-refractivity contribution in [2.24, 2.45) is 0 Å². The Bertz CT molecular complexity index is 803. The molecule has 23 heavy (non-hydrogen) atoms. The van der Waals surface area contributed by atoms with Crippen LogP contribution in [0.25, 0.3) is 10.9 Å². The number of aromatic amines is 1. The monoisotopic (exact) mass is 319 g/mol. The van der Waals surface area contributed by atoms with Crippen LogP contribution in [-0.2, 0) is 0 Å². The molecule has 1 aromatic heterocycles. The summed E-state index contributed by atoms with van der Waals surface area (Å²) in [5.74, 6) is -1.14. The Morgan fingerprint density at radius 1 is 1.00 bits per heavy atom. The lowest BCUT2D eigenvalue weighted by Crippen LogP contribution is -2.25. The fourth-order valence-corrected chi connectivity index (χ4v) is 2.18. The van der Waals surface area contributed by atoms with E-state index in [0.717, 1.165) is 23.0 Å². The molecule has 0 aliphatic rings. The van der Waals surface area contributed by atoms with E-state index in [4.69, 9.17) is 9.47 Å². The highest BCUT2D eigenvalue weighted by Gasteiger charge is 2.10. The van der Waals surface area contributed by atoms with E-state index in [2.05, 4.69) is 4.98 Å². The van der Waals surface area contributed by atoms with Crippen LogP contribution in [0.1, 0.15) is 0 Å². The van der Waals surface area contributed by atoms with Gasteiger partial charge in [-0.05, 0) is 30.3 Å². The number of rotatable bonds is 6. The molecule has 0 fully saturated rings. The van der Waals surface area contributed by atoms with Crippen LogP contribution in [0, 0.1) is 11.6 Å². The van der Waals surface area contributed by atoms with E-state index in [1.54, 1.807) is 12.3 Å². The molecule has 2 aromatic carbocycles. The van der Waals surface area contributed by atoms with E-state index >= 15 is 0 Å². The first-order valence-electron chi connectivity index (χ1n) is 7.08. The largest absolute Gasteiger partial charge is 0.491 e. The zero-order chi connectivity index (χ0) is 16.2. The molecule has 1 atom stereocenters. The second-order valence-electron chi connectivity index (χ2n) is 5.05. The van der Waals surface area contributed by atoms with Crippen molar-refractivity contribution in [3.8, 4) is 11.5 Å². The molecule has 3 aromatic rings. The Balaban J connectivity index is 1.54. The van der Waals surface area contributed by atoms with Gasteiger partial charge in [0.1, 0.15) is 30.8 Å². The van der Waals surface area contributed by atoms with Crippen molar-refractivity contribution in [3.63, 3.8) is 0 Å². The number of benzene rings is 2. The molecular formula is C17H15F2NO3. The quantitative estimate of drug-likeness (QED) is 0.733. The summed E-state index contributed by atoms with van der Waals surface area (Å²) in [5, 5.41) is 10.8. The van der Waals surface area contributed by atoms with Crippen LogP contribution < -0.4 is 9.47 Å². The summed E-state index contributed by atoms with van der Waals surface area (Å²) in [6, 6.07) is 10.7. The molecule has 0 aliphatic carbocycles. The minimum atomic E-state index is -0.993. The van der Waals surface area contributed by atoms with E-state index in [0.29, 0.717) is 5.75 Å². The Morgan fingerprint density at radius 3 is 2.65 bits per heavy atom. The highest BCUT2D eigenvalue weighted by molar-refractivity contribution is 5.85. The van der Waals surface area contributed by atoms with Crippen LogP contribution >= 0.6 is 0 Å². The third-order valence-electron chi connectivity index (χ3n) is 3.32. The molecule has 0 radical (unpaired) electrons. The summed E-state index contributed by atoms with van der Waals surface area (Å²) in [6.45, 7) is -0.0673. The van der Waals surface area contributed by atoms with Crippen LogP contribution in [0.4, 0.5) is 8.78 Å². The number of fused-ring (bicyclic) bond motifs is 1. The van der Waals surface area contributed by atoms with Crippen molar-refractivity contribution in [2.45, 2.75) is 6.10 Å². The summed E-state index contributed by atoms with van der Waals surface area (Å²) in [5.41, 5.74) is 0.940. The van der Waals surface area contributed by atoms with Crippen LogP contribution in [-0.4, -0.2) is 29.4 Å². The van der Waals surface area contributed by atoms with Gasteiger partial charge >= 0.3 is 0 Å². The Morgan fingerprint density at radius 2 is 1.83 bits per heavy atom. The second-order valence-corrected chi connectivity index (χ2v) is 5.05. The van der Waals surface area contributed by atoms with Crippen LogP contribution in [0.15, 0.2) is 48.7 Å². The highest BCUT2D eigenvalue weighted by atomic mass is 19.2. The molecule has 120 valence electrons. The first kappa shape index (κ1) is 15.3. The van der Waals surface area contributed by atoms with Gasteiger partial charge in [0.2, 0.25) is 0 Å². The fraction of sp³-hybridized carbons (Fsp3) is 0.176. The van der Waals surface area contributed by atoms with Crippen molar-refractivity contribution in [1.29, 1.82) is 0 Å². The normalized spacial score (nSPS) is 12.3. The standard InChI is InChI=1S/C17H15F2NO3/c18-14-5-4-12(8-15(14)19)22-9-11(21)10-23-17-3-1-2-16-13(17)6-7-20-16/h1-8,11,20-21H,9-10H2. The summed E-state index contributed by atoms with van der Waals surface area (Å²) in [7, 11) is 0. The number of aliphatic hydroxyl groups excluding tert-OH is 1. The predicted octanol–water partition coefficient (Wildman–Crippen LogP) is 3.26. The van der Waals surface area contributed by atoms with E-state index in [-0.39, 0.29) is 19.0 Å². The molecule has 6 heteroatoms. The summed E-state index contributed by atoms with van der Waals surface area (Å²) >= 11 is 0. The van der Waals surface area contributed by atoms with Gasteiger partial charge in [0, 0.05) is 23.2 Å². The Hall–Kier alpha value is -2.60. The molecular weight excluding hydrogens is 304 g/mol. The molecule has 0 bridgehead atoms. The van der Waals surface area contributed by atoms with Crippen molar-refractivity contribution in [2.75, 3.05) is 13.2 Å². The van der Waals surface area contributed by atoms with E-state index in [9.17, 15) is 13.9 Å². The molecule has 0 aliphatic heterocycles. The number of H-pyrrole nitrogens is 1. The van der Waals surface area contributed by atoms with E-state index in [1.165, 1.54) is 6.07 Å². The van der Waals surface area contributed by atoms with Gasteiger partial charge in [-0.2, -0.15) is 0 Å². The lowest BCUT2D eigenvalue weighted by Gasteiger charge is -2.14. The van der Waals surface area contributed by atoms with Gasteiger partial charge in [0.15, 0.2) is 11.6 Å². The zero-order valence-electron chi connectivity index (χ0n) is 12.1. The summed E-state index contributed by atoms with van der Waals surface area (Å²) in [4.78, 5) is 3.07. The number of halogens is 2. The number of nitrogens with one attached hydrogen (secondary N) is 1. The molecule has 4 nitrogen and oxygen atoms in total. The van der Waals surface area contributed by atoms with Gasteiger partial charge in [-0.15, -0.1) is 0 Å². The average Bonchev–Trinajstić information content (AvgIpc) is 3.03. The first-order chi connectivity index (χ1) is 11.1. The van der Waals surface area contributed by atoms with E-state index in [1.807, 2.05) is 18.2 Å². The molecule has 1 unspecified atom stereocenters. The smallest absolute Gasteiger partial charge is 0.162 e. The van der Waals surface area contributed by atoms with Gasteiger partial charge < -0.3 is 19.6 Å². The number of aliphatic hydroxyl groups is 1. The van der Waals surface area contributed by atoms with Crippen molar-refractivity contribution in [3.05, 3.63) is 60.3 Å². The van der Waals surface area contributed by atoms with Gasteiger partial charge in [-0.3, -0.25) is 0 Å². The van der Waals surface area contributed by atoms with Crippen molar-refractivity contribution in [1.82, 2.24) is 4.98 Å². The van der Waals surface area contributed by atoms with Crippen LogP contribution in [0.5, 0.6) is 11.5 Å². The van der Waals surface area contributed by atoms with Crippen molar-refractivity contribution >= 4 is 10.9 Å². The lowest BCUT2D eigenvalue weighted by molar-refractivity contribution is 0.0630. The Kier molecular flexibility index (Phi) is 4.43. The molecule has 3 rings (SSSR count). The van der Waals surface area contributed by atoms with Gasteiger partial charge in [0.05, 0.1) is 0 Å². The maximum Gasteiger partial charge on any atom is 0.162 e. The van der Waals surface area contributed by atoms with Crippen LogP contribution in [0.2, 0.25) is 0 Å². The molecule has 2 N–H and O–H groups in total. The van der Waals surface area contributed by atoms with Gasteiger partial charge in [0.25, 0.3) is 0 Å². The molecule has 0 amide bonds. The predicted molar refractivity (Wildman–Crippen MR) is 81.7 cm³/mol. The topological polar surface area (TPSA) is 54.5 Å². The second kappa shape index (κ2) is 6.66. The zero-order valence-corrected chi connectivity index (χ0v) is 12.1. The van der Waals surface area contributed by atoms with Gasteiger partial charge in [-0.1, -0.05) is 6.07 Å². The minimum absolute atomic E-state index is 0.0218. The third kappa shape index (κ3) is 3.60. The number of aromatic nitrogens is 1. The fourth-order valence-electron chi connectivity index (χ4n) is 2.18. The summed E-state index contributed by atoms with van der Waals surface area (Å²) < 4.78 is 36.7. The lowest BCUT2D eigenvalue weighted by atomic mass is 10.2. The Labute approximate surface area is 131 Å². The summed E-state index contributed by atoms with van der Waals surface area (Å²) in [6.07, 6.45) is 0.900. The maximum atomic E-state index is 13.0. The SMILES string of the molecule is OC(COc1ccc(F)c(F)c1)COc1cccc2[nH]ccc12. The maximum absolute atomic E-state index is 13.0. The average molecular weight is 319 g/mol. The number of ether oxygens (including phenoxy) is 2. The first-order valence-corrected chi connectivity index (χ1v) is 7.08. The number of hydrogen-bond donors (Lipinski definition) is 2. The third-order valence-corrected chi connectivity index (χ3v) is 3.32. The highest BCUT2D eigenvalue weighted by Crippen LogP contribution is 2.24. The molecule has 0 saturated heterocycles. The van der Waals surface area contributed by atoms with Gasteiger partial charge in [-0.25, -0.2) is 8.78 Å². The molecule has 0 spiro atoms. The van der Waals surface area contributed by atoms with E-state index < -0.39 is 17.7 Å². The van der Waals surface area contributed by atoms with Crippen LogP contribution in [0.3, 0.4) is 0 Å². The van der Waals surface area contributed by atoms with Crippen molar-refractivity contribution < 1.29 is 23.4 Å².